The molecule has 1 aliphatic rings. The SMILES string of the molecule is CNCC/C(N)=C/N[C@H](CF)[C@H](OC)c1ccc(C2CCN(C(C)=O)CC2)cc1. The average Bonchev–Trinajstić information content (AvgIpc) is 2.75. The zero-order valence-corrected chi connectivity index (χ0v) is 17.8. The molecule has 6 nitrogen and oxygen atoms in total. The summed E-state index contributed by atoms with van der Waals surface area (Å²) in [4.78, 5) is 13.4. The molecule has 0 aliphatic carbocycles. The van der Waals surface area contributed by atoms with E-state index in [9.17, 15) is 9.18 Å². The van der Waals surface area contributed by atoms with Gasteiger partial charge >= 0.3 is 0 Å². The van der Waals surface area contributed by atoms with Gasteiger partial charge in [-0.1, -0.05) is 24.3 Å². The van der Waals surface area contributed by atoms with Gasteiger partial charge in [-0.25, -0.2) is 4.39 Å². The fourth-order valence-electron chi connectivity index (χ4n) is 3.79. The summed E-state index contributed by atoms with van der Waals surface area (Å²) < 4.78 is 19.3. The maximum absolute atomic E-state index is 13.7. The van der Waals surface area contributed by atoms with Crippen molar-refractivity contribution in [2.75, 3.05) is 40.5 Å². The van der Waals surface area contributed by atoms with Crippen LogP contribution in [0.25, 0.3) is 0 Å². The molecule has 1 aliphatic heterocycles. The van der Waals surface area contributed by atoms with E-state index < -0.39 is 18.8 Å². The number of halogens is 1. The summed E-state index contributed by atoms with van der Waals surface area (Å²) in [6, 6.07) is 7.71. The van der Waals surface area contributed by atoms with E-state index >= 15 is 0 Å². The zero-order valence-electron chi connectivity index (χ0n) is 17.8. The number of methoxy groups -OCH3 is 1. The van der Waals surface area contributed by atoms with Crippen molar-refractivity contribution in [3.05, 3.63) is 47.3 Å². The first-order valence-corrected chi connectivity index (χ1v) is 10.3. The third kappa shape index (κ3) is 6.72. The lowest BCUT2D eigenvalue weighted by Gasteiger charge is -2.31. The molecule has 0 radical (unpaired) electrons. The topological polar surface area (TPSA) is 79.6 Å². The van der Waals surface area contributed by atoms with Crippen LogP contribution in [0.3, 0.4) is 0 Å². The molecule has 0 bridgehead atoms. The van der Waals surface area contributed by atoms with Crippen LogP contribution in [0.1, 0.15) is 49.3 Å². The number of carbonyl (C=O) groups excluding carboxylic acids is 1. The van der Waals surface area contributed by atoms with E-state index in [1.165, 1.54) is 5.56 Å². The van der Waals surface area contributed by atoms with Gasteiger partial charge < -0.3 is 26.0 Å². The first-order chi connectivity index (χ1) is 14.0. The average molecular weight is 407 g/mol. The highest BCUT2D eigenvalue weighted by atomic mass is 19.1. The van der Waals surface area contributed by atoms with Crippen molar-refractivity contribution in [3.8, 4) is 0 Å². The lowest BCUT2D eigenvalue weighted by Crippen LogP contribution is -2.36. The fourth-order valence-corrected chi connectivity index (χ4v) is 3.79. The fraction of sp³-hybridized carbons (Fsp3) is 0.591. The minimum Gasteiger partial charge on any atom is -0.401 e. The standard InChI is InChI=1S/C22H35FN4O2/c1-16(28)27-12-9-18(10-13-27)17-4-6-19(7-5-17)22(29-3)21(14-23)26-15-20(24)8-11-25-2/h4-7,15,18,21-22,25-26H,8-14,24H2,1-3H3/b20-15-/t21-,22-/m1/s1. The number of nitrogens with zero attached hydrogens (tertiary/aromatic N) is 1. The lowest BCUT2D eigenvalue weighted by molar-refractivity contribution is -0.129. The van der Waals surface area contributed by atoms with Crippen LogP contribution in [0.5, 0.6) is 0 Å². The van der Waals surface area contributed by atoms with Crippen molar-refractivity contribution in [2.24, 2.45) is 5.73 Å². The molecular formula is C22H35FN4O2. The van der Waals surface area contributed by atoms with Crippen molar-refractivity contribution in [1.82, 2.24) is 15.5 Å². The Kier molecular flexibility index (Phi) is 9.41. The van der Waals surface area contributed by atoms with Gasteiger partial charge in [0.2, 0.25) is 5.91 Å². The van der Waals surface area contributed by atoms with Crippen molar-refractivity contribution in [1.29, 1.82) is 0 Å². The maximum atomic E-state index is 13.7. The Labute approximate surface area is 173 Å². The van der Waals surface area contributed by atoms with E-state index in [1.54, 1.807) is 20.2 Å². The second-order valence-corrected chi connectivity index (χ2v) is 7.60. The molecule has 1 amide bonds. The number of alkyl halides is 1. The van der Waals surface area contributed by atoms with Gasteiger partial charge in [0.25, 0.3) is 0 Å². The van der Waals surface area contributed by atoms with Gasteiger partial charge in [0.05, 0.1) is 6.04 Å². The van der Waals surface area contributed by atoms with Crippen LogP contribution in [-0.2, 0) is 9.53 Å². The van der Waals surface area contributed by atoms with Crippen LogP contribution in [0, 0.1) is 0 Å². The van der Waals surface area contributed by atoms with Gasteiger partial charge in [0.1, 0.15) is 12.8 Å². The molecule has 0 spiro atoms. The minimum atomic E-state index is -0.570. The van der Waals surface area contributed by atoms with Crippen molar-refractivity contribution in [2.45, 2.75) is 44.2 Å². The number of nitrogens with two attached hydrogens (primary N) is 1. The molecule has 0 saturated carbocycles. The predicted octanol–water partition coefficient (Wildman–Crippen LogP) is 2.44. The molecule has 1 aromatic rings. The van der Waals surface area contributed by atoms with E-state index in [-0.39, 0.29) is 5.91 Å². The number of benzene rings is 1. The van der Waals surface area contributed by atoms with Crippen LogP contribution in [0.4, 0.5) is 4.39 Å². The summed E-state index contributed by atoms with van der Waals surface area (Å²) in [7, 11) is 3.46. The van der Waals surface area contributed by atoms with Gasteiger partial charge in [0.15, 0.2) is 0 Å². The van der Waals surface area contributed by atoms with Gasteiger partial charge in [-0.05, 0) is 36.9 Å². The minimum absolute atomic E-state index is 0.146. The number of hydrogen-bond donors (Lipinski definition) is 3. The second kappa shape index (κ2) is 11.8. The van der Waals surface area contributed by atoms with Gasteiger partial charge in [0, 0.05) is 52.0 Å². The molecule has 162 valence electrons. The molecule has 29 heavy (non-hydrogen) atoms. The quantitative estimate of drug-likeness (QED) is 0.556. The summed E-state index contributed by atoms with van der Waals surface area (Å²) in [6.45, 7) is 3.43. The Bertz CT molecular complexity index is 657. The number of carbonyl (C=O) groups is 1. The number of ether oxygens (including phenoxy) is 1. The van der Waals surface area contributed by atoms with Gasteiger partial charge in [-0.3, -0.25) is 4.79 Å². The normalized spacial score (nSPS) is 17.8. The largest absolute Gasteiger partial charge is 0.401 e. The van der Waals surface area contributed by atoms with Crippen LogP contribution < -0.4 is 16.4 Å². The van der Waals surface area contributed by atoms with E-state index in [1.807, 2.05) is 24.1 Å². The highest BCUT2D eigenvalue weighted by Gasteiger charge is 2.24. The third-order valence-corrected chi connectivity index (χ3v) is 5.61. The second-order valence-electron chi connectivity index (χ2n) is 7.60. The van der Waals surface area contributed by atoms with Crippen molar-refractivity contribution >= 4 is 5.91 Å². The predicted molar refractivity (Wildman–Crippen MR) is 114 cm³/mol. The van der Waals surface area contributed by atoms with Gasteiger partial charge in [-0.15, -0.1) is 0 Å². The molecule has 2 rings (SSSR count). The van der Waals surface area contributed by atoms with E-state index in [2.05, 4.69) is 22.8 Å². The number of piperidine rings is 1. The molecular weight excluding hydrogens is 371 g/mol. The van der Waals surface area contributed by atoms with Crippen LogP contribution in [0.2, 0.25) is 0 Å². The van der Waals surface area contributed by atoms with Crippen LogP contribution >= 0.6 is 0 Å². The first kappa shape index (κ1) is 23.2. The van der Waals surface area contributed by atoms with E-state index in [0.29, 0.717) is 18.0 Å². The number of likely N-dealkylation sites (tertiary alicyclic amines) is 1. The van der Waals surface area contributed by atoms with E-state index in [4.69, 9.17) is 10.5 Å². The Morgan fingerprint density at radius 3 is 2.52 bits per heavy atom. The Hall–Kier alpha value is -2.12. The molecule has 0 aromatic heterocycles. The van der Waals surface area contributed by atoms with Crippen LogP contribution in [-0.4, -0.2) is 57.3 Å². The highest BCUT2D eigenvalue weighted by Crippen LogP contribution is 2.30. The molecule has 1 fully saturated rings. The monoisotopic (exact) mass is 406 g/mol. The Balaban J connectivity index is 2.00. The number of rotatable bonds is 10. The highest BCUT2D eigenvalue weighted by molar-refractivity contribution is 5.73. The Morgan fingerprint density at radius 2 is 2.00 bits per heavy atom. The van der Waals surface area contributed by atoms with E-state index in [0.717, 1.165) is 38.0 Å². The van der Waals surface area contributed by atoms with Crippen molar-refractivity contribution < 1.29 is 13.9 Å². The zero-order chi connectivity index (χ0) is 21.2. The summed E-state index contributed by atoms with van der Waals surface area (Å²) in [5.41, 5.74) is 8.79. The molecule has 1 saturated heterocycles. The summed E-state index contributed by atoms with van der Waals surface area (Å²) in [5, 5.41) is 6.10. The molecule has 1 aromatic carbocycles. The molecule has 4 N–H and O–H groups in total. The molecule has 2 atom stereocenters. The molecule has 0 unspecified atom stereocenters. The first-order valence-electron chi connectivity index (χ1n) is 10.3. The van der Waals surface area contributed by atoms with Gasteiger partial charge in [-0.2, -0.15) is 0 Å². The summed E-state index contributed by atoms with van der Waals surface area (Å²) in [6.07, 6.45) is 3.89. The summed E-state index contributed by atoms with van der Waals surface area (Å²) in [5.74, 6) is 0.595. The third-order valence-electron chi connectivity index (χ3n) is 5.61. The number of nitrogens with one attached hydrogen (secondary N) is 2. The maximum Gasteiger partial charge on any atom is 0.219 e. The summed E-state index contributed by atoms with van der Waals surface area (Å²) >= 11 is 0. The van der Waals surface area contributed by atoms with Crippen molar-refractivity contribution in [3.63, 3.8) is 0 Å². The van der Waals surface area contributed by atoms with Crippen LogP contribution in [0.15, 0.2) is 36.2 Å². The smallest absolute Gasteiger partial charge is 0.219 e. The molecule has 7 heteroatoms. The number of amides is 1. The number of hydrogen-bond acceptors (Lipinski definition) is 5. The molecule has 1 heterocycles. The Morgan fingerprint density at radius 1 is 1.34 bits per heavy atom. The lowest BCUT2D eigenvalue weighted by atomic mass is 9.88.